The van der Waals surface area contributed by atoms with Crippen molar-refractivity contribution in [2.24, 2.45) is 0 Å². The quantitative estimate of drug-likeness (QED) is 0.852. The second kappa shape index (κ2) is 9.13. The first kappa shape index (κ1) is 20.9. The van der Waals surface area contributed by atoms with Gasteiger partial charge in [0, 0.05) is 31.0 Å². The molecule has 4 rings (SSSR count). The number of piperidine rings is 2. The monoisotopic (exact) mass is 388 g/mol. The summed E-state index contributed by atoms with van der Waals surface area (Å²) in [6, 6.07) is 1.10. The van der Waals surface area contributed by atoms with Gasteiger partial charge in [-0.05, 0) is 73.4 Å². The van der Waals surface area contributed by atoms with Gasteiger partial charge in [-0.1, -0.05) is 10.4 Å². The molecule has 4 heterocycles. The molecule has 8 nitrogen and oxygen atoms in total. The third-order valence-electron chi connectivity index (χ3n) is 5.72. The van der Waals surface area contributed by atoms with Crippen LogP contribution in [-0.4, -0.2) is 66.6 Å². The fourth-order valence-electron chi connectivity index (χ4n) is 3.96. The number of hydrogen-bond donors (Lipinski definition) is 1. The van der Waals surface area contributed by atoms with Crippen LogP contribution in [0, 0.1) is 13.8 Å². The van der Waals surface area contributed by atoms with Crippen LogP contribution in [0.2, 0.25) is 0 Å². The highest BCUT2D eigenvalue weighted by molar-refractivity contribution is 4.91. The largest absolute Gasteiger partial charge is 0.317 e. The molecule has 2 aliphatic heterocycles. The van der Waals surface area contributed by atoms with E-state index in [1.54, 1.807) is 0 Å². The Balaban J connectivity index is 0.000000167. The van der Waals surface area contributed by atoms with Crippen LogP contribution in [0.15, 0.2) is 12.4 Å². The Morgan fingerprint density at radius 3 is 1.68 bits per heavy atom. The molecule has 0 bridgehead atoms. The molecular formula is C20H36N8. The molecule has 0 amide bonds. The van der Waals surface area contributed by atoms with Crippen LogP contribution in [0.1, 0.15) is 69.9 Å². The summed E-state index contributed by atoms with van der Waals surface area (Å²) in [5.74, 6) is 0. The molecule has 2 fully saturated rings. The molecule has 28 heavy (non-hydrogen) atoms. The van der Waals surface area contributed by atoms with Crippen LogP contribution in [0.4, 0.5) is 0 Å². The van der Waals surface area contributed by atoms with Gasteiger partial charge in [0.15, 0.2) is 0 Å². The fraction of sp³-hybridized carbons (Fsp3) is 0.800. The van der Waals surface area contributed by atoms with E-state index in [0.29, 0.717) is 17.6 Å². The lowest BCUT2D eigenvalue weighted by Gasteiger charge is -2.40. The Labute approximate surface area is 168 Å². The molecule has 0 atom stereocenters. The maximum Gasteiger partial charge on any atom is 0.0796 e. The van der Waals surface area contributed by atoms with E-state index in [0.717, 1.165) is 37.6 Å². The van der Waals surface area contributed by atoms with Crippen molar-refractivity contribution in [1.82, 2.24) is 40.2 Å². The maximum absolute atomic E-state index is 4.17. The molecule has 156 valence electrons. The zero-order chi connectivity index (χ0) is 20.1. The highest BCUT2D eigenvalue weighted by atomic mass is 15.4. The van der Waals surface area contributed by atoms with Crippen molar-refractivity contribution in [3.8, 4) is 0 Å². The standard InChI is InChI=1S/C12H22N4.C8H14N4/c1-10-9-16(14-13-10)11-5-7-15(8-6-11)12(2,3)4;1-7-6-12(11-10-7)8-2-4-9-5-3-8/h9,11H,5-8H2,1-4H3;6,8-9H,2-5H2,1H3. The van der Waals surface area contributed by atoms with E-state index in [1.165, 1.54) is 25.7 Å². The van der Waals surface area contributed by atoms with Crippen molar-refractivity contribution in [2.75, 3.05) is 26.2 Å². The highest BCUT2D eigenvalue weighted by Gasteiger charge is 2.27. The second-order valence-corrected chi connectivity index (χ2v) is 9.05. The number of rotatable bonds is 2. The normalized spacial score (nSPS) is 20.0. The first-order chi connectivity index (χ1) is 13.3. The lowest BCUT2D eigenvalue weighted by Crippen LogP contribution is -2.46. The fourth-order valence-corrected chi connectivity index (χ4v) is 3.96. The SMILES string of the molecule is Cc1cn(C2CCN(C(C)(C)C)CC2)nn1.Cc1cn(C2CCNCC2)nn1. The van der Waals surface area contributed by atoms with Gasteiger partial charge in [-0.2, -0.15) is 0 Å². The zero-order valence-electron chi connectivity index (χ0n) is 18.1. The summed E-state index contributed by atoms with van der Waals surface area (Å²) in [6.07, 6.45) is 8.78. The molecule has 2 saturated heterocycles. The van der Waals surface area contributed by atoms with Crippen LogP contribution in [0.25, 0.3) is 0 Å². The Hall–Kier alpha value is -1.80. The molecule has 0 unspecified atom stereocenters. The van der Waals surface area contributed by atoms with E-state index < -0.39 is 0 Å². The number of likely N-dealkylation sites (tertiary alicyclic amines) is 1. The van der Waals surface area contributed by atoms with Gasteiger partial charge in [0.1, 0.15) is 0 Å². The lowest BCUT2D eigenvalue weighted by atomic mass is 9.98. The summed E-state index contributed by atoms with van der Waals surface area (Å²) in [7, 11) is 0. The molecule has 2 aliphatic rings. The Bertz CT molecular complexity index is 715. The summed E-state index contributed by atoms with van der Waals surface area (Å²) < 4.78 is 4.03. The Morgan fingerprint density at radius 1 is 0.821 bits per heavy atom. The Morgan fingerprint density at radius 2 is 1.29 bits per heavy atom. The van der Waals surface area contributed by atoms with Crippen molar-refractivity contribution >= 4 is 0 Å². The first-order valence-corrected chi connectivity index (χ1v) is 10.6. The highest BCUT2D eigenvalue weighted by Crippen LogP contribution is 2.26. The third-order valence-corrected chi connectivity index (χ3v) is 5.72. The van der Waals surface area contributed by atoms with Gasteiger partial charge in [-0.15, -0.1) is 10.2 Å². The van der Waals surface area contributed by atoms with E-state index >= 15 is 0 Å². The van der Waals surface area contributed by atoms with E-state index in [1.807, 2.05) is 29.4 Å². The van der Waals surface area contributed by atoms with E-state index in [9.17, 15) is 0 Å². The number of nitrogens with zero attached hydrogens (tertiary/aromatic N) is 7. The van der Waals surface area contributed by atoms with Gasteiger partial charge in [0.2, 0.25) is 0 Å². The van der Waals surface area contributed by atoms with Crippen LogP contribution in [0.3, 0.4) is 0 Å². The molecule has 2 aromatic heterocycles. The van der Waals surface area contributed by atoms with E-state index in [-0.39, 0.29) is 0 Å². The number of hydrogen-bond acceptors (Lipinski definition) is 6. The molecule has 0 spiro atoms. The predicted molar refractivity (Wildman–Crippen MR) is 110 cm³/mol. The summed E-state index contributed by atoms with van der Waals surface area (Å²) >= 11 is 0. The summed E-state index contributed by atoms with van der Waals surface area (Å²) in [5.41, 5.74) is 2.32. The number of aryl methyl sites for hydroxylation is 2. The molecule has 0 saturated carbocycles. The van der Waals surface area contributed by atoms with Crippen molar-refractivity contribution < 1.29 is 0 Å². The molecule has 8 heteroatoms. The van der Waals surface area contributed by atoms with Gasteiger partial charge in [-0.3, -0.25) is 4.90 Å². The minimum atomic E-state index is 0.295. The van der Waals surface area contributed by atoms with Crippen LogP contribution in [0.5, 0.6) is 0 Å². The predicted octanol–water partition coefficient (Wildman–Crippen LogP) is 2.53. The van der Waals surface area contributed by atoms with E-state index in [4.69, 9.17) is 0 Å². The van der Waals surface area contributed by atoms with Crippen molar-refractivity contribution in [2.45, 2.75) is 77.9 Å². The molecule has 0 radical (unpaired) electrons. The van der Waals surface area contributed by atoms with Gasteiger partial charge in [-0.25, -0.2) is 9.36 Å². The lowest BCUT2D eigenvalue weighted by molar-refractivity contribution is 0.0866. The molecule has 0 aliphatic carbocycles. The zero-order valence-corrected chi connectivity index (χ0v) is 18.1. The van der Waals surface area contributed by atoms with Crippen molar-refractivity contribution in [3.05, 3.63) is 23.8 Å². The van der Waals surface area contributed by atoms with Gasteiger partial charge in [0.25, 0.3) is 0 Å². The van der Waals surface area contributed by atoms with E-state index in [2.05, 4.69) is 57.8 Å². The summed E-state index contributed by atoms with van der Waals surface area (Å²) in [4.78, 5) is 2.55. The summed E-state index contributed by atoms with van der Waals surface area (Å²) in [5, 5.41) is 19.6. The third kappa shape index (κ3) is 5.61. The minimum Gasteiger partial charge on any atom is -0.317 e. The second-order valence-electron chi connectivity index (χ2n) is 9.05. The van der Waals surface area contributed by atoms with Gasteiger partial charge < -0.3 is 5.32 Å². The molecule has 1 N–H and O–H groups in total. The number of aromatic nitrogens is 6. The average Bonchev–Trinajstić information content (AvgIpc) is 3.31. The molecule has 2 aromatic rings. The topological polar surface area (TPSA) is 76.7 Å². The van der Waals surface area contributed by atoms with Crippen molar-refractivity contribution in [3.63, 3.8) is 0 Å². The van der Waals surface area contributed by atoms with Crippen LogP contribution >= 0.6 is 0 Å². The van der Waals surface area contributed by atoms with Crippen molar-refractivity contribution in [1.29, 1.82) is 0 Å². The van der Waals surface area contributed by atoms with Gasteiger partial charge >= 0.3 is 0 Å². The molecular weight excluding hydrogens is 352 g/mol. The smallest absolute Gasteiger partial charge is 0.0796 e. The summed E-state index contributed by atoms with van der Waals surface area (Å²) in [6.45, 7) is 15.3. The molecule has 0 aromatic carbocycles. The maximum atomic E-state index is 4.17. The first-order valence-electron chi connectivity index (χ1n) is 10.6. The van der Waals surface area contributed by atoms with Crippen LogP contribution in [-0.2, 0) is 0 Å². The minimum absolute atomic E-state index is 0.295. The number of nitrogens with one attached hydrogen (secondary N) is 1. The average molecular weight is 389 g/mol. The van der Waals surface area contributed by atoms with Gasteiger partial charge in [0.05, 0.1) is 23.5 Å². The Kier molecular flexibility index (Phi) is 6.82. The van der Waals surface area contributed by atoms with Crippen LogP contribution < -0.4 is 5.32 Å².